The highest BCUT2D eigenvalue weighted by Crippen LogP contribution is 2.43. The summed E-state index contributed by atoms with van der Waals surface area (Å²) in [7, 11) is 0. The van der Waals surface area contributed by atoms with Gasteiger partial charge in [0.2, 0.25) is 0 Å². The Balaban J connectivity index is 2.24. The summed E-state index contributed by atoms with van der Waals surface area (Å²) in [6.45, 7) is 8.13. The van der Waals surface area contributed by atoms with Gasteiger partial charge in [-0.3, -0.25) is 0 Å². The monoisotopic (exact) mass is 232 g/mol. The maximum atomic E-state index is 11.0. The Morgan fingerprint density at radius 1 is 1.41 bits per heavy atom. The molecular formula is C15H20O2. The maximum Gasteiger partial charge on any atom is 0.331 e. The van der Waals surface area contributed by atoms with Gasteiger partial charge in [-0.15, -0.1) is 0 Å². The first-order valence-corrected chi connectivity index (χ1v) is 6.30. The number of aliphatic carboxylic acids is 1. The molecule has 92 valence electrons. The van der Waals surface area contributed by atoms with Gasteiger partial charge in [0.25, 0.3) is 0 Å². The summed E-state index contributed by atoms with van der Waals surface area (Å²) in [6, 6.07) is 0. The van der Waals surface area contributed by atoms with Gasteiger partial charge in [0.1, 0.15) is 0 Å². The van der Waals surface area contributed by atoms with E-state index < -0.39 is 5.97 Å². The van der Waals surface area contributed by atoms with Crippen molar-refractivity contribution >= 4 is 5.97 Å². The van der Waals surface area contributed by atoms with Crippen LogP contribution in [0, 0.1) is 17.8 Å². The summed E-state index contributed by atoms with van der Waals surface area (Å²) in [5.74, 6) is 0.406. The van der Waals surface area contributed by atoms with Gasteiger partial charge in [-0.1, -0.05) is 31.2 Å². The van der Waals surface area contributed by atoms with Gasteiger partial charge < -0.3 is 5.11 Å². The van der Waals surface area contributed by atoms with E-state index in [4.69, 9.17) is 5.11 Å². The van der Waals surface area contributed by atoms with Crippen LogP contribution in [0.3, 0.4) is 0 Å². The Morgan fingerprint density at radius 3 is 2.76 bits per heavy atom. The Bertz CT molecular complexity index is 415. The van der Waals surface area contributed by atoms with Crippen molar-refractivity contribution in [3.63, 3.8) is 0 Å². The molecule has 0 aromatic heterocycles. The van der Waals surface area contributed by atoms with E-state index in [1.54, 1.807) is 0 Å². The zero-order chi connectivity index (χ0) is 12.6. The molecule has 0 aromatic rings. The van der Waals surface area contributed by atoms with Crippen LogP contribution < -0.4 is 0 Å². The van der Waals surface area contributed by atoms with E-state index in [0.29, 0.717) is 17.4 Å². The molecule has 0 aromatic carbocycles. The molecule has 3 unspecified atom stereocenters. The maximum absolute atomic E-state index is 11.0. The molecule has 0 amide bonds. The van der Waals surface area contributed by atoms with Crippen LogP contribution in [-0.4, -0.2) is 11.1 Å². The SMILES string of the molecule is C=C(C(=O)O)C1CC=C(C)C2=CCC(C)C2C1. The lowest BCUT2D eigenvalue weighted by molar-refractivity contribution is -0.133. The van der Waals surface area contributed by atoms with Crippen LogP contribution in [0.4, 0.5) is 0 Å². The van der Waals surface area contributed by atoms with Gasteiger partial charge in [0.15, 0.2) is 0 Å². The molecular weight excluding hydrogens is 212 g/mol. The molecule has 3 atom stereocenters. The van der Waals surface area contributed by atoms with Crippen LogP contribution in [0.15, 0.2) is 35.5 Å². The lowest BCUT2D eigenvalue weighted by Crippen LogP contribution is -2.17. The van der Waals surface area contributed by atoms with Gasteiger partial charge in [0.05, 0.1) is 0 Å². The first-order valence-electron chi connectivity index (χ1n) is 6.30. The van der Waals surface area contributed by atoms with Crippen molar-refractivity contribution in [3.8, 4) is 0 Å². The molecule has 2 rings (SSSR count). The number of hydrogen-bond acceptors (Lipinski definition) is 1. The van der Waals surface area contributed by atoms with Crippen molar-refractivity contribution in [3.05, 3.63) is 35.5 Å². The molecule has 0 saturated heterocycles. The fourth-order valence-corrected chi connectivity index (χ4v) is 3.05. The van der Waals surface area contributed by atoms with Crippen molar-refractivity contribution < 1.29 is 9.90 Å². The average Bonchev–Trinajstić information content (AvgIpc) is 2.55. The molecule has 0 fully saturated rings. The minimum atomic E-state index is -0.848. The number of carbonyl (C=O) groups is 1. The van der Waals surface area contributed by atoms with E-state index >= 15 is 0 Å². The molecule has 0 radical (unpaired) electrons. The topological polar surface area (TPSA) is 37.3 Å². The quantitative estimate of drug-likeness (QED) is 0.739. The number of hydrogen-bond donors (Lipinski definition) is 1. The Labute approximate surface area is 103 Å². The van der Waals surface area contributed by atoms with Crippen molar-refractivity contribution in [2.45, 2.75) is 33.1 Å². The van der Waals surface area contributed by atoms with Crippen molar-refractivity contribution in [1.29, 1.82) is 0 Å². The molecule has 17 heavy (non-hydrogen) atoms. The fourth-order valence-electron chi connectivity index (χ4n) is 3.05. The lowest BCUT2D eigenvalue weighted by atomic mass is 9.81. The van der Waals surface area contributed by atoms with Gasteiger partial charge in [-0.05, 0) is 49.5 Å². The summed E-state index contributed by atoms with van der Waals surface area (Å²) in [6.07, 6.45) is 7.39. The van der Waals surface area contributed by atoms with Crippen molar-refractivity contribution in [2.75, 3.05) is 0 Å². The number of allylic oxidation sites excluding steroid dienone is 4. The fraction of sp³-hybridized carbons (Fsp3) is 0.533. The summed E-state index contributed by atoms with van der Waals surface area (Å²) < 4.78 is 0. The first-order chi connectivity index (χ1) is 8.00. The third-order valence-corrected chi connectivity index (χ3v) is 4.27. The van der Waals surface area contributed by atoms with Crippen molar-refractivity contribution in [2.24, 2.45) is 17.8 Å². The van der Waals surface area contributed by atoms with E-state index in [-0.39, 0.29) is 5.92 Å². The molecule has 2 heteroatoms. The molecule has 0 heterocycles. The summed E-state index contributed by atoms with van der Waals surface area (Å²) >= 11 is 0. The minimum Gasteiger partial charge on any atom is -0.478 e. The summed E-state index contributed by atoms with van der Waals surface area (Å²) in [4.78, 5) is 11.0. The third kappa shape index (κ3) is 2.21. The molecule has 1 N–H and O–H groups in total. The molecule has 0 saturated carbocycles. The largest absolute Gasteiger partial charge is 0.478 e. The van der Waals surface area contributed by atoms with Crippen molar-refractivity contribution in [1.82, 2.24) is 0 Å². The van der Waals surface area contributed by atoms with Gasteiger partial charge >= 0.3 is 5.97 Å². The second kappa shape index (κ2) is 4.52. The zero-order valence-electron chi connectivity index (χ0n) is 10.6. The second-order valence-electron chi connectivity index (χ2n) is 5.36. The van der Waals surface area contributed by atoms with Gasteiger partial charge in [-0.25, -0.2) is 4.79 Å². The van der Waals surface area contributed by atoms with Crippen LogP contribution in [0.5, 0.6) is 0 Å². The zero-order valence-corrected chi connectivity index (χ0v) is 10.6. The molecule has 0 bridgehead atoms. The van der Waals surface area contributed by atoms with Crippen LogP contribution >= 0.6 is 0 Å². The molecule has 2 aliphatic rings. The normalized spacial score (nSPS) is 32.2. The highest BCUT2D eigenvalue weighted by Gasteiger charge is 2.33. The predicted molar refractivity (Wildman–Crippen MR) is 68.6 cm³/mol. The minimum absolute atomic E-state index is 0.0962. The van der Waals surface area contributed by atoms with Crippen LogP contribution in [0.2, 0.25) is 0 Å². The van der Waals surface area contributed by atoms with E-state index in [1.807, 2.05) is 0 Å². The Hall–Kier alpha value is -1.31. The molecule has 2 aliphatic carbocycles. The van der Waals surface area contributed by atoms with Gasteiger partial charge in [-0.2, -0.15) is 0 Å². The second-order valence-corrected chi connectivity index (χ2v) is 5.36. The van der Waals surface area contributed by atoms with E-state index in [2.05, 4.69) is 32.6 Å². The highest BCUT2D eigenvalue weighted by molar-refractivity contribution is 5.86. The molecule has 0 aliphatic heterocycles. The van der Waals surface area contributed by atoms with E-state index in [1.165, 1.54) is 11.1 Å². The first kappa shape index (κ1) is 12.2. The summed E-state index contributed by atoms with van der Waals surface area (Å²) in [5, 5.41) is 9.06. The smallest absolute Gasteiger partial charge is 0.331 e. The van der Waals surface area contributed by atoms with Gasteiger partial charge in [0, 0.05) is 5.57 Å². The van der Waals surface area contributed by atoms with Crippen LogP contribution in [-0.2, 0) is 4.79 Å². The predicted octanol–water partition coefficient (Wildman–Crippen LogP) is 3.57. The summed E-state index contributed by atoms with van der Waals surface area (Å²) in [5.41, 5.74) is 3.15. The van der Waals surface area contributed by atoms with Crippen LogP contribution in [0.1, 0.15) is 33.1 Å². The highest BCUT2D eigenvalue weighted by atomic mass is 16.4. The molecule has 0 spiro atoms. The number of rotatable bonds is 2. The average molecular weight is 232 g/mol. The van der Waals surface area contributed by atoms with Crippen LogP contribution in [0.25, 0.3) is 0 Å². The van der Waals surface area contributed by atoms with E-state index in [9.17, 15) is 4.79 Å². The molecule has 2 nitrogen and oxygen atoms in total. The standard InChI is InChI=1S/C15H20O2/c1-9-4-6-12(11(3)15(16)17)8-14-10(2)5-7-13(9)14/h4,7,10,12,14H,3,5-6,8H2,1-2H3,(H,16,17). The Morgan fingerprint density at radius 2 is 2.12 bits per heavy atom. The number of carboxylic acids is 1. The number of fused-ring (bicyclic) bond motifs is 1. The Kier molecular flexibility index (Phi) is 3.23. The number of carboxylic acid groups (broad SMARTS) is 1. The van der Waals surface area contributed by atoms with E-state index in [0.717, 1.165) is 19.3 Å². The third-order valence-electron chi connectivity index (χ3n) is 4.27. The lowest BCUT2D eigenvalue weighted by Gasteiger charge is -2.23.